The smallest absolute Gasteiger partial charge is 0.236 e. The predicted molar refractivity (Wildman–Crippen MR) is 67.7 cm³/mol. The van der Waals surface area contributed by atoms with Crippen LogP contribution in [0.5, 0.6) is 0 Å². The van der Waals surface area contributed by atoms with Gasteiger partial charge in [-0.25, -0.2) is 0 Å². The van der Waals surface area contributed by atoms with E-state index in [1.54, 1.807) is 0 Å². The molecular formula is C11H21BrN2O2. The summed E-state index contributed by atoms with van der Waals surface area (Å²) in [5.74, 6) is 0.202. The van der Waals surface area contributed by atoms with E-state index < -0.39 is 0 Å². The second kappa shape index (κ2) is 7.25. The predicted octanol–water partition coefficient (Wildman–Crippen LogP) is 0.687. The van der Waals surface area contributed by atoms with E-state index in [-0.39, 0.29) is 17.3 Å². The van der Waals surface area contributed by atoms with Crippen LogP contribution in [0.15, 0.2) is 0 Å². The third kappa shape index (κ3) is 4.03. The standard InChI is InChI=1S/C11H21BrN2O2/c1-2-10(12)11(16)14-5-3-4-13(6-7-14)8-9-15/h10,15H,2-9H2,1H3. The van der Waals surface area contributed by atoms with E-state index in [4.69, 9.17) is 5.11 Å². The van der Waals surface area contributed by atoms with Crippen LogP contribution >= 0.6 is 15.9 Å². The third-order valence-corrected chi connectivity index (χ3v) is 3.98. The van der Waals surface area contributed by atoms with Crippen molar-refractivity contribution in [3.8, 4) is 0 Å². The summed E-state index contributed by atoms with van der Waals surface area (Å²) < 4.78 is 0. The first kappa shape index (κ1) is 13.9. The summed E-state index contributed by atoms with van der Waals surface area (Å²) in [6.45, 7) is 6.38. The fraction of sp³-hybridized carbons (Fsp3) is 0.909. The Bertz CT molecular complexity index is 226. The molecule has 4 nitrogen and oxygen atoms in total. The van der Waals surface area contributed by atoms with Gasteiger partial charge in [0, 0.05) is 26.2 Å². The minimum Gasteiger partial charge on any atom is -0.395 e. The molecule has 0 aromatic rings. The van der Waals surface area contributed by atoms with E-state index in [0.717, 1.165) is 39.0 Å². The van der Waals surface area contributed by atoms with Crippen molar-refractivity contribution >= 4 is 21.8 Å². The van der Waals surface area contributed by atoms with E-state index in [9.17, 15) is 4.79 Å². The number of hydrogen-bond donors (Lipinski definition) is 1. The molecule has 1 saturated heterocycles. The largest absolute Gasteiger partial charge is 0.395 e. The maximum Gasteiger partial charge on any atom is 0.236 e. The zero-order valence-corrected chi connectivity index (χ0v) is 11.4. The van der Waals surface area contributed by atoms with Crippen LogP contribution in [0.4, 0.5) is 0 Å². The average Bonchev–Trinajstić information content (AvgIpc) is 2.53. The molecule has 1 N–H and O–H groups in total. The second-order valence-electron chi connectivity index (χ2n) is 4.12. The van der Waals surface area contributed by atoms with Crippen LogP contribution in [-0.2, 0) is 4.79 Å². The first-order chi connectivity index (χ1) is 7.69. The highest BCUT2D eigenvalue weighted by molar-refractivity contribution is 9.10. The molecule has 94 valence electrons. The van der Waals surface area contributed by atoms with E-state index in [1.165, 1.54) is 0 Å². The van der Waals surface area contributed by atoms with Gasteiger partial charge in [0.2, 0.25) is 5.91 Å². The molecule has 1 atom stereocenters. The first-order valence-electron chi connectivity index (χ1n) is 5.95. The van der Waals surface area contributed by atoms with Crippen LogP contribution in [0, 0.1) is 0 Å². The fourth-order valence-corrected chi connectivity index (χ4v) is 2.22. The molecule has 0 aromatic carbocycles. The van der Waals surface area contributed by atoms with Gasteiger partial charge in [0.1, 0.15) is 0 Å². The molecule has 1 aliphatic heterocycles. The molecular weight excluding hydrogens is 272 g/mol. The number of aliphatic hydroxyl groups is 1. The van der Waals surface area contributed by atoms with Crippen molar-refractivity contribution in [3.63, 3.8) is 0 Å². The zero-order chi connectivity index (χ0) is 12.0. The van der Waals surface area contributed by atoms with Gasteiger partial charge >= 0.3 is 0 Å². The van der Waals surface area contributed by atoms with Crippen molar-refractivity contribution in [2.45, 2.75) is 24.6 Å². The molecule has 1 amide bonds. The number of nitrogens with zero attached hydrogens (tertiary/aromatic N) is 2. The summed E-state index contributed by atoms with van der Waals surface area (Å²) in [5.41, 5.74) is 0. The molecule has 0 aromatic heterocycles. The van der Waals surface area contributed by atoms with Crippen molar-refractivity contribution in [3.05, 3.63) is 0 Å². The molecule has 1 rings (SSSR count). The van der Waals surface area contributed by atoms with Gasteiger partial charge in [-0.15, -0.1) is 0 Å². The Morgan fingerprint density at radius 2 is 2.12 bits per heavy atom. The second-order valence-corrected chi connectivity index (χ2v) is 5.23. The molecule has 0 aliphatic carbocycles. The topological polar surface area (TPSA) is 43.8 Å². The van der Waals surface area contributed by atoms with E-state index in [0.29, 0.717) is 6.54 Å². The van der Waals surface area contributed by atoms with Crippen LogP contribution in [-0.4, -0.2) is 65.0 Å². The van der Waals surface area contributed by atoms with Gasteiger partial charge in [-0.1, -0.05) is 22.9 Å². The van der Waals surface area contributed by atoms with Crippen LogP contribution < -0.4 is 0 Å². The normalized spacial score (nSPS) is 20.6. The SMILES string of the molecule is CCC(Br)C(=O)N1CCCN(CCO)CC1. The fourth-order valence-electron chi connectivity index (χ4n) is 1.93. The number of alkyl halides is 1. The van der Waals surface area contributed by atoms with Crippen LogP contribution in [0.25, 0.3) is 0 Å². The lowest BCUT2D eigenvalue weighted by molar-refractivity contribution is -0.130. The quantitative estimate of drug-likeness (QED) is 0.776. The van der Waals surface area contributed by atoms with E-state index in [1.807, 2.05) is 11.8 Å². The summed E-state index contributed by atoms with van der Waals surface area (Å²) >= 11 is 3.40. The molecule has 0 radical (unpaired) electrons. The van der Waals surface area contributed by atoms with Gasteiger partial charge in [0.05, 0.1) is 11.4 Å². The molecule has 5 heteroatoms. The Hall–Kier alpha value is -0.130. The molecule has 1 unspecified atom stereocenters. The van der Waals surface area contributed by atoms with Gasteiger partial charge in [0.15, 0.2) is 0 Å². The lowest BCUT2D eigenvalue weighted by Gasteiger charge is -2.23. The lowest BCUT2D eigenvalue weighted by Crippen LogP contribution is -2.39. The lowest BCUT2D eigenvalue weighted by atomic mass is 10.3. The van der Waals surface area contributed by atoms with Crippen LogP contribution in [0.1, 0.15) is 19.8 Å². The number of β-amino-alcohol motifs (C(OH)–C–C–N with tert-alkyl or cyclic N) is 1. The summed E-state index contributed by atoms with van der Waals surface area (Å²) in [6, 6.07) is 0. The number of carbonyl (C=O) groups excluding carboxylic acids is 1. The molecule has 1 fully saturated rings. The van der Waals surface area contributed by atoms with Crippen molar-refractivity contribution in [2.24, 2.45) is 0 Å². The van der Waals surface area contributed by atoms with E-state index >= 15 is 0 Å². The van der Waals surface area contributed by atoms with Gasteiger partial charge in [0.25, 0.3) is 0 Å². The Morgan fingerprint density at radius 3 is 2.75 bits per heavy atom. The Kier molecular flexibility index (Phi) is 6.31. The summed E-state index contributed by atoms with van der Waals surface area (Å²) in [7, 11) is 0. The minimum atomic E-state index is -0.0445. The Labute approximate surface area is 106 Å². The van der Waals surface area contributed by atoms with Gasteiger partial charge in [-0.05, 0) is 19.4 Å². The number of aliphatic hydroxyl groups excluding tert-OH is 1. The number of hydrogen-bond acceptors (Lipinski definition) is 3. The number of carbonyl (C=O) groups is 1. The van der Waals surface area contributed by atoms with Crippen molar-refractivity contribution in [2.75, 3.05) is 39.3 Å². The molecule has 0 saturated carbocycles. The van der Waals surface area contributed by atoms with Crippen molar-refractivity contribution in [1.29, 1.82) is 0 Å². The Morgan fingerprint density at radius 1 is 1.38 bits per heavy atom. The molecule has 16 heavy (non-hydrogen) atoms. The third-order valence-electron chi connectivity index (χ3n) is 2.94. The summed E-state index contributed by atoms with van der Waals surface area (Å²) in [6.07, 6.45) is 1.82. The van der Waals surface area contributed by atoms with Gasteiger partial charge < -0.3 is 10.0 Å². The highest BCUT2D eigenvalue weighted by Gasteiger charge is 2.22. The molecule has 1 aliphatic rings. The summed E-state index contributed by atoms with van der Waals surface area (Å²) in [5, 5.41) is 8.88. The summed E-state index contributed by atoms with van der Waals surface area (Å²) in [4.78, 5) is 16.1. The Balaban J connectivity index is 2.43. The molecule has 0 spiro atoms. The van der Waals surface area contributed by atoms with Crippen LogP contribution in [0.2, 0.25) is 0 Å². The van der Waals surface area contributed by atoms with Gasteiger partial charge in [-0.2, -0.15) is 0 Å². The number of rotatable bonds is 4. The highest BCUT2D eigenvalue weighted by Crippen LogP contribution is 2.11. The minimum absolute atomic E-state index is 0.0445. The first-order valence-corrected chi connectivity index (χ1v) is 6.86. The number of halogens is 1. The van der Waals surface area contributed by atoms with E-state index in [2.05, 4.69) is 20.8 Å². The molecule has 1 heterocycles. The highest BCUT2D eigenvalue weighted by atomic mass is 79.9. The van der Waals surface area contributed by atoms with Gasteiger partial charge in [-0.3, -0.25) is 9.69 Å². The average molecular weight is 293 g/mol. The zero-order valence-electron chi connectivity index (χ0n) is 9.86. The monoisotopic (exact) mass is 292 g/mol. The van der Waals surface area contributed by atoms with Crippen molar-refractivity contribution < 1.29 is 9.90 Å². The maximum absolute atomic E-state index is 12.0. The molecule has 0 bridgehead atoms. The van der Waals surface area contributed by atoms with Crippen molar-refractivity contribution in [1.82, 2.24) is 9.80 Å². The number of amides is 1. The maximum atomic E-state index is 12.0. The van der Waals surface area contributed by atoms with Crippen LogP contribution in [0.3, 0.4) is 0 Å².